The molecule has 0 saturated carbocycles. The molecular formula is C13H18FNO2. The van der Waals surface area contributed by atoms with Crippen LogP contribution in [0.25, 0.3) is 0 Å². The molecule has 1 rings (SSSR count). The Morgan fingerprint density at radius 1 is 1.41 bits per heavy atom. The zero-order valence-corrected chi connectivity index (χ0v) is 10.4. The number of carbonyl (C=O) groups excluding carboxylic acids is 1. The maximum Gasteiger partial charge on any atom is 0.307 e. The third kappa shape index (κ3) is 3.53. The molecule has 0 bridgehead atoms. The van der Waals surface area contributed by atoms with Gasteiger partial charge in [-0.25, -0.2) is 4.39 Å². The highest BCUT2D eigenvalue weighted by Crippen LogP contribution is 2.25. The van der Waals surface area contributed by atoms with Crippen molar-refractivity contribution in [3.63, 3.8) is 0 Å². The van der Waals surface area contributed by atoms with Gasteiger partial charge in [-0.3, -0.25) is 4.79 Å². The normalized spacial score (nSPS) is 14.1. The predicted octanol–water partition coefficient (Wildman–Crippen LogP) is 2.21. The van der Waals surface area contributed by atoms with Gasteiger partial charge in [-0.2, -0.15) is 0 Å². The van der Waals surface area contributed by atoms with Crippen LogP contribution in [0.1, 0.15) is 25.8 Å². The largest absolute Gasteiger partial charge is 0.469 e. The summed E-state index contributed by atoms with van der Waals surface area (Å²) >= 11 is 0. The maximum atomic E-state index is 12.9. The van der Waals surface area contributed by atoms with E-state index in [0.717, 1.165) is 5.56 Å². The number of benzene rings is 1. The number of hydrogen-bond donors (Lipinski definition) is 1. The van der Waals surface area contributed by atoms with E-state index < -0.39 is 5.54 Å². The van der Waals surface area contributed by atoms with E-state index in [-0.39, 0.29) is 18.2 Å². The molecule has 0 aliphatic rings. The average molecular weight is 239 g/mol. The first-order chi connectivity index (χ1) is 8.01. The number of carbonyl (C=O) groups is 1. The smallest absolute Gasteiger partial charge is 0.307 e. The molecule has 4 heteroatoms. The van der Waals surface area contributed by atoms with Crippen molar-refractivity contribution in [2.45, 2.75) is 25.8 Å². The van der Waals surface area contributed by atoms with Crippen molar-refractivity contribution in [3.8, 4) is 0 Å². The third-order valence-electron chi connectivity index (χ3n) is 2.77. The Morgan fingerprint density at radius 3 is 2.47 bits per heavy atom. The number of nitrogens with one attached hydrogen (secondary N) is 1. The summed E-state index contributed by atoms with van der Waals surface area (Å²) in [5, 5.41) is 3.24. The van der Waals surface area contributed by atoms with E-state index in [1.165, 1.54) is 19.2 Å². The fourth-order valence-corrected chi connectivity index (χ4v) is 1.84. The second-order valence-corrected chi connectivity index (χ2v) is 4.12. The summed E-state index contributed by atoms with van der Waals surface area (Å²) in [6.45, 7) is 4.57. The van der Waals surface area contributed by atoms with Crippen molar-refractivity contribution in [3.05, 3.63) is 35.6 Å². The van der Waals surface area contributed by atoms with Crippen LogP contribution in [0.4, 0.5) is 4.39 Å². The van der Waals surface area contributed by atoms with Gasteiger partial charge >= 0.3 is 5.97 Å². The molecule has 0 amide bonds. The number of rotatable bonds is 5. The molecule has 0 fully saturated rings. The van der Waals surface area contributed by atoms with Gasteiger partial charge in [-0.15, -0.1) is 0 Å². The van der Waals surface area contributed by atoms with Crippen LogP contribution in [0.3, 0.4) is 0 Å². The molecule has 94 valence electrons. The number of methoxy groups -OCH3 is 1. The zero-order chi connectivity index (χ0) is 12.9. The lowest BCUT2D eigenvalue weighted by molar-refractivity contribution is -0.142. The quantitative estimate of drug-likeness (QED) is 0.801. The zero-order valence-electron chi connectivity index (χ0n) is 10.4. The molecule has 0 spiro atoms. The van der Waals surface area contributed by atoms with Gasteiger partial charge in [-0.05, 0) is 31.2 Å². The summed E-state index contributed by atoms with van der Waals surface area (Å²) in [5.41, 5.74) is 0.335. The number of hydrogen-bond acceptors (Lipinski definition) is 3. The molecule has 0 heterocycles. The van der Waals surface area contributed by atoms with E-state index in [4.69, 9.17) is 0 Å². The fourth-order valence-electron chi connectivity index (χ4n) is 1.84. The fraction of sp³-hybridized carbons (Fsp3) is 0.462. The first-order valence-corrected chi connectivity index (χ1v) is 5.59. The summed E-state index contributed by atoms with van der Waals surface area (Å²) in [5.74, 6) is -0.580. The summed E-state index contributed by atoms with van der Waals surface area (Å²) < 4.78 is 17.6. The monoisotopic (exact) mass is 239 g/mol. The van der Waals surface area contributed by atoms with Gasteiger partial charge in [0.2, 0.25) is 0 Å². The number of ether oxygens (including phenoxy) is 1. The van der Waals surface area contributed by atoms with Crippen LogP contribution in [0.2, 0.25) is 0 Å². The van der Waals surface area contributed by atoms with Crippen molar-refractivity contribution in [2.75, 3.05) is 13.7 Å². The van der Waals surface area contributed by atoms with Gasteiger partial charge < -0.3 is 10.1 Å². The molecule has 0 saturated heterocycles. The molecule has 0 aromatic heterocycles. The van der Waals surface area contributed by atoms with E-state index >= 15 is 0 Å². The molecule has 3 nitrogen and oxygen atoms in total. The van der Waals surface area contributed by atoms with Crippen LogP contribution < -0.4 is 5.32 Å². The molecule has 17 heavy (non-hydrogen) atoms. The molecule has 1 aromatic rings. The van der Waals surface area contributed by atoms with Crippen LogP contribution in [-0.2, 0) is 15.1 Å². The maximum absolute atomic E-state index is 12.9. The van der Waals surface area contributed by atoms with Crippen LogP contribution in [0.5, 0.6) is 0 Å². The standard InChI is InChI=1S/C13H18FNO2/c1-4-15-13(2,9-12(16)17-3)10-5-7-11(14)8-6-10/h5-8,15H,4,9H2,1-3H3. The van der Waals surface area contributed by atoms with Gasteiger partial charge in [-0.1, -0.05) is 19.1 Å². The Bertz CT molecular complexity index is 378. The average Bonchev–Trinajstić information content (AvgIpc) is 2.29. The van der Waals surface area contributed by atoms with Gasteiger partial charge in [0.05, 0.1) is 19.1 Å². The minimum Gasteiger partial charge on any atom is -0.469 e. The molecular weight excluding hydrogens is 221 g/mol. The predicted molar refractivity (Wildman–Crippen MR) is 64.1 cm³/mol. The molecule has 1 N–H and O–H groups in total. The van der Waals surface area contributed by atoms with Gasteiger partial charge in [0.15, 0.2) is 0 Å². The van der Waals surface area contributed by atoms with Crippen molar-refractivity contribution in [1.82, 2.24) is 5.32 Å². The van der Waals surface area contributed by atoms with E-state index in [1.807, 2.05) is 13.8 Å². The van der Waals surface area contributed by atoms with Crippen molar-refractivity contribution in [1.29, 1.82) is 0 Å². The molecule has 0 aliphatic heterocycles. The molecule has 1 unspecified atom stereocenters. The summed E-state index contributed by atoms with van der Waals surface area (Å²) in [7, 11) is 1.36. The Kier molecular flexibility index (Phi) is 4.63. The lowest BCUT2D eigenvalue weighted by Crippen LogP contribution is -2.41. The van der Waals surface area contributed by atoms with Crippen LogP contribution >= 0.6 is 0 Å². The first-order valence-electron chi connectivity index (χ1n) is 5.59. The Morgan fingerprint density at radius 2 is 2.00 bits per heavy atom. The van der Waals surface area contributed by atoms with Gasteiger partial charge in [0.1, 0.15) is 5.82 Å². The summed E-state index contributed by atoms with van der Waals surface area (Å²) in [4.78, 5) is 11.4. The highest BCUT2D eigenvalue weighted by Gasteiger charge is 2.29. The van der Waals surface area contributed by atoms with Crippen molar-refractivity contribution >= 4 is 5.97 Å². The molecule has 0 radical (unpaired) electrons. The highest BCUT2D eigenvalue weighted by atomic mass is 19.1. The Balaban J connectivity index is 2.97. The molecule has 0 aliphatic carbocycles. The van der Waals surface area contributed by atoms with E-state index in [9.17, 15) is 9.18 Å². The van der Waals surface area contributed by atoms with E-state index in [0.29, 0.717) is 6.54 Å². The van der Waals surface area contributed by atoms with E-state index in [1.54, 1.807) is 12.1 Å². The minimum absolute atomic E-state index is 0.211. The highest BCUT2D eigenvalue weighted by molar-refractivity contribution is 5.71. The lowest BCUT2D eigenvalue weighted by atomic mass is 9.88. The summed E-state index contributed by atoms with van der Waals surface area (Å²) in [6.07, 6.45) is 0.211. The van der Waals surface area contributed by atoms with Crippen LogP contribution in [0, 0.1) is 5.82 Å². The number of esters is 1. The van der Waals surface area contributed by atoms with Crippen LogP contribution in [0.15, 0.2) is 24.3 Å². The topological polar surface area (TPSA) is 38.3 Å². The van der Waals surface area contributed by atoms with Crippen molar-refractivity contribution in [2.24, 2.45) is 0 Å². The third-order valence-corrected chi connectivity index (χ3v) is 2.77. The second kappa shape index (κ2) is 5.77. The Labute approximate surface area is 101 Å². The first kappa shape index (κ1) is 13.6. The second-order valence-electron chi connectivity index (χ2n) is 4.12. The number of halogens is 1. The Hall–Kier alpha value is -1.42. The van der Waals surface area contributed by atoms with Gasteiger partial charge in [0.25, 0.3) is 0 Å². The van der Waals surface area contributed by atoms with Gasteiger partial charge in [0, 0.05) is 0 Å². The summed E-state index contributed by atoms with van der Waals surface area (Å²) in [6, 6.07) is 6.15. The molecule has 1 atom stereocenters. The molecule has 1 aromatic carbocycles. The van der Waals surface area contributed by atoms with Crippen LogP contribution in [-0.4, -0.2) is 19.6 Å². The lowest BCUT2D eigenvalue weighted by Gasteiger charge is -2.30. The van der Waals surface area contributed by atoms with Crippen molar-refractivity contribution < 1.29 is 13.9 Å². The van der Waals surface area contributed by atoms with E-state index in [2.05, 4.69) is 10.1 Å². The SMILES string of the molecule is CCNC(C)(CC(=O)OC)c1ccc(F)cc1. The minimum atomic E-state index is -0.532.